The van der Waals surface area contributed by atoms with Gasteiger partial charge in [-0.05, 0) is 19.8 Å². The van der Waals surface area contributed by atoms with Crippen LogP contribution in [0.4, 0.5) is 0 Å². The maximum atomic E-state index is 11.5. The molecule has 2 saturated heterocycles. The van der Waals surface area contributed by atoms with Gasteiger partial charge < -0.3 is 30.2 Å². The molecule has 2 unspecified atom stereocenters. The zero-order valence-corrected chi connectivity index (χ0v) is 28.0. The highest BCUT2D eigenvalue weighted by molar-refractivity contribution is 6.39. The molecule has 3 N–H and O–H groups in total. The number of halogens is 2. The summed E-state index contributed by atoms with van der Waals surface area (Å²) < 4.78 is 16.8. The number of carbonyl (C=O) groups is 1. The number of carbonyl (C=O) groups excluding carboxylic acids is 1. The molecule has 3 atom stereocenters. The Balaban J connectivity index is 1.23. The molecule has 1 amide bonds. The fraction of sp³-hybridized carbons (Fsp3) is 0.382. The van der Waals surface area contributed by atoms with Crippen molar-refractivity contribution in [1.82, 2.24) is 35.9 Å². The van der Waals surface area contributed by atoms with E-state index in [0.29, 0.717) is 81.8 Å². The maximum absolute atomic E-state index is 11.5. The molecule has 2 aromatic heterocycles. The molecule has 2 aliphatic heterocycles. The third kappa shape index (κ3) is 7.34. The van der Waals surface area contributed by atoms with E-state index in [4.69, 9.17) is 47.4 Å². The van der Waals surface area contributed by atoms with Gasteiger partial charge in [0.2, 0.25) is 17.7 Å². The van der Waals surface area contributed by atoms with E-state index in [-0.39, 0.29) is 24.1 Å². The second-order valence-corrected chi connectivity index (χ2v) is 12.3. The molecule has 0 radical (unpaired) electrons. The Morgan fingerprint density at radius 3 is 1.96 bits per heavy atom. The highest BCUT2D eigenvalue weighted by Crippen LogP contribution is 2.42. The van der Waals surface area contributed by atoms with Gasteiger partial charge in [0, 0.05) is 67.0 Å². The van der Waals surface area contributed by atoms with Crippen LogP contribution in [-0.4, -0.2) is 71.4 Å². The first-order valence-corrected chi connectivity index (χ1v) is 16.3. The number of nitrogens with one attached hydrogen (secondary N) is 3. The Morgan fingerprint density at radius 2 is 1.45 bits per heavy atom. The van der Waals surface area contributed by atoms with Gasteiger partial charge >= 0.3 is 0 Å². The lowest BCUT2D eigenvalue weighted by Crippen LogP contribution is -2.35. The second kappa shape index (κ2) is 14.9. The normalized spacial score (nSPS) is 19.2. The first kappa shape index (κ1) is 33.0. The monoisotopic (exact) mass is 677 g/mol. The summed E-state index contributed by atoms with van der Waals surface area (Å²) in [6.07, 6.45) is 5.86. The molecule has 6 rings (SSSR count). The van der Waals surface area contributed by atoms with Gasteiger partial charge in [0.1, 0.15) is 11.4 Å². The van der Waals surface area contributed by atoms with Crippen LogP contribution in [0.5, 0.6) is 11.8 Å². The van der Waals surface area contributed by atoms with E-state index in [1.54, 1.807) is 26.6 Å². The van der Waals surface area contributed by atoms with Crippen molar-refractivity contribution in [3.05, 3.63) is 70.2 Å². The van der Waals surface area contributed by atoms with Crippen molar-refractivity contribution in [2.45, 2.75) is 57.5 Å². The van der Waals surface area contributed by atoms with E-state index >= 15 is 0 Å². The summed E-state index contributed by atoms with van der Waals surface area (Å²) in [6, 6.07) is 11.8. The number of amides is 1. The topological polar surface area (TPSA) is 132 Å². The molecule has 0 aliphatic carbocycles. The van der Waals surface area contributed by atoms with Crippen LogP contribution in [-0.2, 0) is 22.6 Å². The number of benzene rings is 2. The minimum atomic E-state index is 0.0854. The highest BCUT2D eigenvalue weighted by Gasteiger charge is 2.25. The third-order valence-electron chi connectivity index (χ3n) is 8.53. The number of rotatable bonds is 12. The van der Waals surface area contributed by atoms with Crippen molar-refractivity contribution < 1.29 is 19.0 Å². The Hall–Kier alpha value is -3.87. The first-order chi connectivity index (χ1) is 22.9. The lowest BCUT2D eigenvalue weighted by Gasteiger charge is -2.17. The maximum Gasteiger partial charge on any atom is 0.237 e. The Kier molecular flexibility index (Phi) is 10.5. The van der Waals surface area contributed by atoms with E-state index in [1.165, 1.54) is 0 Å². The van der Waals surface area contributed by atoms with Gasteiger partial charge in [0.25, 0.3) is 0 Å². The summed E-state index contributed by atoms with van der Waals surface area (Å²) >= 11 is 14.1. The Labute approximate surface area is 283 Å². The summed E-state index contributed by atoms with van der Waals surface area (Å²) in [7, 11) is 3.14. The molecule has 246 valence electrons. The lowest BCUT2D eigenvalue weighted by molar-refractivity contribution is -0.119. The van der Waals surface area contributed by atoms with Gasteiger partial charge in [-0.1, -0.05) is 59.6 Å². The minimum absolute atomic E-state index is 0.0854. The fourth-order valence-electron chi connectivity index (χ4n) is 5.92. The van der Waals surface area contributed by atoms with E-state index in [1.807, 2.05) is 36.4 Å². The van der Waals surface area contributed by atoms with E-state index in [9.17, 15) is 4.79 Å². The molecule has 4 aromatic rings. The summed E-state index contributed by atoms with van der Waals surface area (Å²) in [4.78, 5) is 30.3. The zero-order chi connectivity index (χ0) is 32.9. The second-order valence-electron chi connectivity index (χ2n) is 11.5. The molecular formula is C34H37Cl2N7O4. The summed E-state index contributed by atoms with van der Waals surface area (Å²) in [5.41, 5.74) is 5.35. The quantitative estimate of drug-likeness (QED) is 0.183. The third-order valence-corrected chi connectivity index (χ3v) is 9.34. The average molecular weight is 679 g/mol. The predicted molar refractivity (Wildman–Crippen MR) is 181 cm³/mol. The van der Waals surface area contributed by atoms with Gasteiger partial charge in [-0.25, -0.2) is 9.97 Å². The number of methoxy groups -OCH3 is 2. The van der Waals surface area contributed by atoms with Crippen molar-refractivity contribution in [2.24, 2.45) is 0 Å². The van der Waals surface area contributed by atoms with E-state index in [0.717, 1.165) is 30.6 Å². The Bertz CT molecular complexity index is 1760. The minimum Gasteiger partial charge on any atom is -0.480 e. The number of nitrogens with zero attached hydrogens (tertiary/aromatic N) is 4. The Morgan fingerprint density at radius 1 is 0.872 bits per heavy atom. The van der Waals surface area contributed by atoms with Gasteiger partial charge in [-0.2, -0.15) is 0 Å². The molecule has 13 heteroatoms. The number of aromatic nitrogens is 4. The van der Waals surface area contributed by atoms with Crippen molar-refractivity contribution in [3.8, 4) is 45.4 Å². The molecule has 2 fully saturated rings. The summed E-state index contributed by atoms with van der Waals surface area (Å²) in [5.74, 6) is 0.908. The van der Waals surface area contributed by atoms with Crippen molar-refractivity contribution in [2.75, 3.05) is 27.4 Å². The van der Waals surface area contributed by atoms with Crippen LogP contribution < -0.4 is 25.4 Å². The molecule has 0 spiro atoms. The van der Waals surface area contributed by atoms with Crippen LogP contribution in [0.2, 0.25) is 10.0 Å². The fourth-order valence-corrected chi connectivity index (χ4v) is 6.57. The van der Waals surface area contributed by atoms with Crippen molar-refractivity contribution in [1.29, 1.82) is 0 Å². The largest absolute Gasteiger partial charge is 0.480 e. The van der Waals surface area contributed by atoms with Gasteiger partial charge in [0.15, 0.2) is 0 Å². The van der Waals surface area contributed by atoms with Crippen LogP contribution in [0.15, 0.2) is 48.8 Å². The van der Waals surface area contributed by atoms with Gasteiger partial charge in [-0.15, -0.1) is 0 Å². The highest BCUT2D eigenvalue weighted by atomic mass is 35.5. The predicted octanol–water partition coefficient (Wildman–Crippen LogP) is 5.23. The van der Waals surface area contributed by atoms with Gasteiger partial charge in [-0.3, -0.25) is 14.8 Å². The molecule has 0 saturated carbocycles. The van der Waals surface area contributed by atoms with Crippen molar-refractivity contribution >= 4 is 29.1 Å². The number of ether oxygens (including phenoxy) is 3. The summed E-state index contributed by atoms with van der Waals surface area (Å²) in [6.45, 7) is 4.41. The molecule has 2 aliphatic rings. The summed E-state index contributed by atoms with van der Waals surface area (Å²) in [5, 5.41) is 10.7. The SMILES string of the molecule is COc1nc(-c2cccc(-c3cccc(-c4cnc(CNC5CCOC5C)c(OC)n4)c3Cl)c2Cl)cnc1CNC[C@@H]1CCC(=O)N1. The molecule has 47 heavy (non-hydrogen) atoms. The lowest BCUT2D eigenvalue weighted by atomic mass is 9.98. The standard InChI is InChI=1S/C34H37Cl2N7O4/c1-19-25(12-13-47-19)38-18-29-34(46-3)43-27(17-40-29)24-9-5-7-22(32(24)36)21-6-4-8-23(31(21)35)26-16-39-28(33(42-26)45-2)15-37-14-20-10-11-30(44)41-20/h4-9,16-17,19-20,25,37-38H,10-15,18H2,1-3H3,(H,41,44)/t19?,20-,25?/m0/s1. The number of hydrogen-bond acceptors (Lipinski definition) is 10. The van der Waals surface area contributed by atoms with Gasteiger partial charge in [0.05, 0.1) is 54.2 Å². The van der Waals surface area contributed by atoms with E-state index < -0.39 is 0 Å². The first-order valence-electron chi connectivity index (χ1n) is 15.6. The van der Waals surface area contributed by atoms with Crippen LogP contribution in [0, 0.1) is 0 Å². The molecule has 11 nitrogen and oxygen atoms in total. The zero-order valence-electron chi connectivity index (χ0n) is 26.5. The molecule has 0 bridgehead atoms. The van der Waals surface area contributed by atoms with Crippen LogP contribution >= 0.6 is 23.2 Å². The smallest absolute Gasteiger partial charge is 0.237 e. The van der Waals surface area contributed by atoms with Crippen LogP contribution in [0.25, 0.3) is 33.6 Å². The average Bonchev–Trinajstić information content (AvgIpc) is 3.70. The molecule has 2 aromatic carbocycles. The molecule has 4 heterocycles. The number of hydrogen-bond donors (Lipinski definition) is 3. The molecular weight excluding hydrogens is 641 g/mol. The van der Waals surface area contributed by atoms with Crippen LogP contribution in [0.1, 0.15) is 37.6 Å². The van der Waals surface area contributed by atoms with Crippen LogP contribution in [0.3, 0.4) is 0 Å². The van der Waals surface area contributed by atoms with E-state index in [2.05, 4.69) is 32.8 Å². The van der Waals surface area contributed by atoms with Crippen molar-refractivity contribution in [3.63, 3.8) is 0 Å².